The molecule has 1 unspecified atom stereocenters. The SMILES string of the molecule is Cl.Cl.O=c1n(CC2CC2)c2nc(C3CCCC3)nc-2c2n1CC(Cc1ccncc1)N2. The van der Waals surface area contributed by atoms with E-state index >= 15 is 0 Å². The van der Waals surface area contributed by atoms with E-state index in [2.05, 4.69) is 10.3 Å². The van der Waals surface area contributed by atoms with Crippen molar-refractivity contribution in [1.82, 2.24) is 24.1 Å². The first-order chi connectivity index (χ1) is 14.3. The van der Waals surface area contributed by atoms with Crippen molar-refractivity contribution in [3.05, 3.63) is 46.4 Å². The van der Waals surface area contributed by atoms with Crippen LogP contribution in [0.15, 0.2) is 29.3 Å². The summed E-state index contributed by atoms with van der Waals surface area (Å²) in [5.74, 6) is 3.64. The Labute approximate surface area is 193 Å². The topological polar surface area (TPSA) is 77.6 Å². The normalized spacial score (nSPS) is 20.2. The molecule has 1 aromatic heterocycles. The van der Waals surface area contributed by atoms with Gasteiger partial charge < -0.3 is 5.32 Å². The summed E-state index contributed by atoms with van der Waals surface area (Å²) in [4.78, 5) is 27.4. The van der Waals surface area contributed by atoms with Gasteiger partial charge in [0.05, 0.1) is 0 Å². The second kappa shape index (κ2) is 8.79. The number of halogens is 2. The third-order valence-electron chi connectivity index (χ3n) is 6.70. The van der Waals surface area contributed by atoms with Crippen molar-refractivity contribution in [2.45, 2.75) is 70.0 Å². The van der Waals surface area contributed by atoms with Gasteiger partial charge in [-0.15, -0.1) is 24.8 Å². The summed E-state index contributed by atoms with van der Waals surface area (Å²) in [5, 5.41) is 3.59. The van der Waals surface area contributed by atoms with Gasteiger partial charge in [-0.1, -0.05) is 12.8 Å². The van der Waals surface area contributed by atoms with E-state index in [0.717, 1.165) is 49.0 Å². The standard InChI is InChI=1S/C22H26N6O.2ClH/c29-22-27(12-15-5-6-15)21-18(25-19(26-21)16-3-1-2-4-16)20-24-17(13-28(20)22)11-14-7-9-23-10-8-14;;/h7-10,15-17,24H,1-6,11-13H2;2*1H. The van der Waals surface area contributed by atoms with Crippen molar-refractivity contribution in [3.8, 4) is 11.5 Å². The van der Waals surface area contributed by atoms with Crippen LogP contribution in [0.25, 0.3) is 11.5 Å². The Balaban J connectivity index is 0.00000116. The summed E-state index contributed by atoms with van der Waals surface area (Å²) < 4.78 is 3.79. The summed E-state index contributed by atoms with van der Waals surface area (Å²) in [6, 6.07) is 4.25. The molecule has 166 valence electrons. The van der Waals surface area contributed by atoms with E-state index in [1.54, 1.807) is 0 Å². The maximum absolute atomic E-state index is 13.4. The molecule has 0 bridgehead atoms. The highest BCUT2D eigenvalue weighted by Crippen LogP contribution is 2.38. The highest BCUT2D eigenvalue weighted by atomic mass is 35.5. The van der Waals surface area contributed by atoms with Crippen molar-refractivity contribution in [2.24, 2.45) is 5.92 Å². The van der Waals surface area contributed by atoms with Crippen LogP contribution < -0.4 is 11.0 Å². The molecular weight excluding hydrogens is 435 g/mol. The van der Waals surface area contributed by atoms with Crippen molar-refractivity contribution < 1.29 is 0 Å². The predicted octanol–water partition coefficient (Wildman–Crippen LogP) is 3.89. The first kappa shape index (κ1) is 22.1. The largest absolute Gasteiger partial charge is 0.365 e. The molecule has 1 aromatic rings. The fourth-order valence-corrected chi connectivity index (χ4v) is 4.94. The lowest BCUT2D eigenvalue weighted by atomic mass is 10.1. The monoisotopic (exact) mass is 462 g/mol. The van der Waals surface area contributed by atoms with Gasteiger partial charge in [-0.3, -0.25) is 14.1 Å². The smallest absolute Gasteiger partial charge is 0.331 e. The molecule has 7 nitrogen and oxygen atoms in total. The van der Waals surface area contributed by atoms with Gasteiger partial charge in [-0.25, -0.2) is 14.8 Å². The van der Waals surface area contributed by atoms with Crippen molar-refractivity contribution in [3.63, 3.8) is 0 Å². The first-order valence-corrected chi connectivity index (χ1v) is 10.9. The Kier molecular flexibility index (Phi) is 6.26. The lowest BCUT2D eigenvalue weighted by molar-refractivity contribution is 0.540. The van der Waals surface area contributed by atoms with Gasteiger partial charge in [-0.05, 0) is 55.7 Å². The lowest BCUT2D eigenvalue weighted by Crippen LogP contribution is -2.33. The first-order valence-electron chi connectivity index (χ1n) is 10.9. The third kappa shape index (κ3) is 4.05. The Bertz CT molecular complexity index is 1070. The number of rotatable bonds is 5. The minimum absolute atomic E-state index is 0. The molecule has 1 N–H and O–H groups in total. The lowest BCUT2D eigenvalue weighted by Gasteiger charge is -2.14. The molecule has 4 heterocycles. The molecule has 0 aromatic carbocycles. The minimum atomic E-state index is 0. The average molecular weight is 463 g/mol. The van der Waals surface area contributed by atoms with E-state index in [4.69, 9.17) is 9.97 Å². The molecular formula is C22H28Cl2N6O. The number of aromatic nitrogens is 5. The number of nitrogens with zero attached hydrogens (tertiary/aromatic N) is 5. The summed E-state index contributed by atoms with van der Waals surface area (Å²) >= 11 is 0. The molecule has 31 heavy (non-hydrogen) atoms. The van der Waals surface area contributed by atoms with Gasteiger partial charge in [-0.2, -0.15) is 0 Å². The number of fused-ring (bicyclic) bond motifs is 3. The highest BCUT2D eigenvalue weighted by Gasteiger charge is 2.35. The number of pyridine rings is 1. The maximum atomic E-state index is 13.4. The Morgan fingerprint density at radius 1 is 1.03 bits per heavy atom. The highest BCUT2D eigenvalue weighted by molar-refractivity contribution is 5.85. The molecule has 1 atom stereocenters. The second-order valence-electron chi connectivity index (χ2n) is 8.93. The molecule has 9 heteroatoms. The summed E-state index contributed by atoms with van der Waals surface area (Å²) in [6.07, 6.45) is 11.8. The number of anilines is 1. The number of hydrogen-bond acceptors (Lipinski definition) is 5. The van der Waals surface area contributed by atoms with E-state index in [-0.39, 0.29) is 36.5 Å². The Morgan fingerprint density at radius 2 is 1.77 bits per heavy atom. The zero-order chi connectivity index (χ0) is 19.4. The number of nitrogens with one attached hydrogen (secondary N) is 1. The molecule has 5 aliphatic rings. The molecule has 0 radical (unpaired) electrons. The van der Waals surface area contributed by atoms with E-state index in [0.29, 0.717) is 18.4 Å². The van der Waals surface area contributed by atoms with Crippen LogP contribution in [-0.2, 0) is 19.5 Å². The zero-order valence-electron chi connectivity index (χ0n) is 17.4. The average Bonchev–Trinajstić information content (AvgIpc) is 3.15. The fraction of sp³-hybridized carbons (Fsp3) is 0.545. The van der Waals surface area contributed by atoms with Gasteiger partial charge in [0.1, 0.15) is 17.3 Å². The third-order valence-corrected chi connectivity index (χ3v) is 6.70. The molecule has 0 amide bonds. The molecule has 0 spiro atoms. The maximum Gasteiger partial charge on any atom is 0.331 e. The van der Waals surface area contributed by atoms with Crippen LogP contribution in [0.1, 0.15) is 55.8 Å². The van der Waals surface area contributed by atoms with Crippen LogP contribution in [0.3, 0.4) is 0 Å². The molecule has 3 aliphatic heterocycles. The molecule has 2 saturated carbocycles. The van der Waals surface area contributed by atoms with Crippen molar-refractivity contribution in [2.75, 3.05) is 5.32 Å². The van der Waals surface area contributed by atoms with Crippen molar-refractivity contribution >= 4 is 30.6 Å². The van der Waals surface area contributed by atoms with Gasteiger partial charge in [0.15, 0.2) is 5.82 Å². The van der Waals surface area contributed by atoms with E-state index in [1.807, 2.05) is 33.7 Å². The van der Waals surface area contributed by atoms with Gasteiger partial charge in [0.25, 0.3) is 0 Å². The van der Waals surface area contributed by atoms with Crippen LogP contribution in [0, 0.1) is 5.92 Å². The van der Waals surface area contributed by atoms with Crippen LogP contribution in [0.4, 0.5) is 5.82 Å². The molecule has 0 saturated heterocycles. The van der Waals surface area contributed by atoms with Crippen LogP contribution in [-0.4, -0.2) is 30.1 Å². The van der Waals surface area contributed by atoms with E-state index in [9.17, 15) is 4.79 Å². The van der Waals surface area contributed by atoms with Crippen LogP contribution in [0.5, 0.6) is 0 Å². The van der Waals surface area contributed by atoms with Gasteiger partial charge in [0.2, 0.25) is 0 Å². The number of imidazole rings is 1. The quantitative estimate of drug-likeness (QED) is 0.621. The summed E-state index contributed by atoms with van der Waals surface area (Å²) in [5.41, 5.74) is 2.16. The van der Waals surface area contributed by atoms with Crippen LogP contribution in [0.2, 0.25) is 0 Å². The molecule has 2 aliphatic carbocycles. The van der Waals surface area contributed by atoms with Crippen molar-refractivity contribution in [1.29, 1.82) is 0 Å². The zero-order valence-corrected chi connectivity index (χ0v) is 19.0. The predicted molar refractivity (Wildman–Crippen MR) is 125 cm³/mol. The molecule has 6 rings (SSSR count). The summed E-state index contributed by atoms with van der Waals surface area (Å²) in [6.45, 7) is 1.44. The van der Waals surface area contributed by atoms with E-state index < -0.39 is 0 Å². The van der Waals surface area contributed by atoms with Gasteiger partial charge >= 0.3 is 5.69 Å². The molecule has 2 fully saturated rings. The van der Waals surface area contributed by atoms with Gasteiger partial charge in [0, 0.05) is 37.4 Å². The Hall–Kier alpha value is -2.12. The Morgan fingerprint density at radius 3 is 2.48 bits per heavy atom. The van der Waals surface area contributed by atoms with E-state index in [1.165, 1.54) is 31.2 Å². The van der Waals surface area contributed by atoms with Crippen LogP contribution >= 0.6 is 24.8 Å². The fourth-order valence-electron chi connectivity index (χ4n) is 4.94. The number of hydrogen-bond donors (Lipinski definition) is 1. The minimum Gasteiger partial charge on any atom is -0.365 e. The summed E-state index contributed by atoms with van der Waals surface area (Å²) in [7, 11) is 0. The second-order valence-corrected chi connectivity index (χ2v) is 8.93.